The molecule has 0 unspecified atom stereocenters. The van der Waals surface area contributed by atoms with E-state index in [0.717, 1.165) is 15.0 Å². The maximum Gasteiger partial charge on any atom is 0.151 e. The fourth-order valence-electron chi connectivity index (χ4n) is 1.69. The predicted molar refractivity (Wildman–Crippen MR) is 75.0 cm³/mol. The number of pyridine rings is 1. The molecule has 1 aromatic carbocycles. The van der Waals surface area contributed by atoms with E-state index in [1.165, 1.54) is 11.3 Å². The highest BCUT2D eigenvalue weighted by Crippen LogP contribution is 2.35. The van der Waals surface area contributed by atoms with Crippen LogP contribution in [-0.4, -0.2) is 16.3 Å². The Hall–Kier alpha value is -2.20. The topological polar surface area (TPSA) is 45.5 Å². The number of aromatic nitrogens is 1. The first-order valence-electron chi connectivity index (χ1n) is 5.50. The number of nitrogens with zero attached hydrogens (tertiary/aromatic N) is 2. The van der Waals surface area contributed by atoms with Gasteiger partial charge in [-0.15, -0.1) is 11.3 Å². The van der Waals surface area contributed by atoms with Crippen molar-refractivity contribution in [1.29, 1.82) is 0 Å². The van der Waals surface area contributed by atoms with Crippen molar-refractivity contribution in [2.75, 3.05) is 0 Å². The minimum absolute atomic E-state index is 0.287. The van der Waals surface area contributed by atoms with Crippen LogP contribution in [0.25, 0.3) is 10.1 Å². The third-order valence-electron chi connectivity index (χ3n) is 2.56. The molecule has 18 heavy (non-hydrogen) atoms. The summed E-state index contributed by atoms with van der Waals surface area (Å²) in [5.41, 5.74) is 0. The van der Waals surface area contributed by atoms with Crippen molar-refractivity contribution < 1.29 is 5.11 Å². The standard InChI is InChI=1S/C14H10N2OS/c17-14-10-5-1-2-6-11(10)18-12(14)9-16-13-7-3-4-8-15-13/h1-9,17H. The van der Waals surface area contributed by atoms with Crippen LogP contribution in [0.1, 0.15) is 4.88 Å². The molecular formula is C14H10N2OS. The zero-order valence-corrected chi connectivity index (χ0v) is 10.3. The molecule has 1 N–H and O–H groups in total. The lowest BCUT2D eigenvalue weighted by Gasteiger charge is -1.91. The zero-order chi connectivity index (χ0) is 12.4. The normalized spacial score (nSPS) is 11.3. The van der Waals surface area contributed by atoms with Crippen LogP contribution in [0.3, 0.4) is 0 Å². The first-order valence-corrected chi connectivity index (χ1v) is 6.32. The number of aliphatic imine (C=N–C) groups is 1. The minimum Gasteiger partial charge on any atom is -0.506 e. The molecule has 0 fully saturated rings. The van der Waals surface area contributed by atoms with Gasteiger partial charge >= 0.3 is 0 Å². The predicted octanol–water partition coefficient (Wildman–Crippen LogP) is 3.75. The van der Waals surface area contributed by atoms with E-state index in [9.17, 15) is 5.11 Å². The van der Waals surface area contributed by atoms with Gasteiger partial charge in [-0.1, -0.05) is 18.2 Å². The van der Waals surface area contributed by atoms with Gasteiger partial charge in [-0.3, -0.25) is 0 Å². The van der Waals surface area contributed by atoms with Gasteiger partial charge in [0.1, 0.15) is 5.75 Å². The van der Waals surface area contributed by atoms with Gasteiger partial charge in [-0.05, 0) is 24.3 Å². The van der Waals surface area contributed by atoms with E-state index >= 15 is 0 Å². The monoisotopic (exact) mass is 254 g/mol. The van der Waals surface area contributed by atoms with Crippen molar-refractivity contribution in [3.63, 3.8) is 0 Å². The molecule has 0 aliphatic rings. The number of aromatic hydroxyl groups is 1. The molecule has 2 heterocycles. The Bertz CT molecular complexity index is 704. The third-order valence-corrected chi connectivity index (χ3v) is 3.65. The first-order chi connectivity index (χ1) is 8.84. The molecule has 0 atom stereocenters. The number of thiophene rings is 1. The SMILES string of the molecule is Oc1c(C=Nc2ccccn2)sc2ccccc12. The van der Waals surface area contributed by atoms with E-state index in [1.54, 1.807) is 12.4 Å². The van der Waals surface area contributed by atoms with Crippen molar-refractivity contribution >= 4 is 33.5 Å². The average molecular weight is 254 g/mol. The zero-order valence-electron chi connectivity index (χ0n) is 9.45. The Kier molecular flexibility index (Phi) is 2.78. The highest BCUT2D eigenvalue weighted by Gasteiger charge is 2.08. The average Bonchev–Trinajstić information content (AvgIpc) is 2.75. The van der Waals surface area contributed by atoms with E-state index in [1.807, 2.05) is 42.5 Å². The van der Waals surface area contributed by atoms with Gasteiger partial charge in [-0.2, -0.15) is 0 Å². The molecule has 3 rings (SSSR count). The van der Waals surface area contributed by atoms with Gasteiger partial charge in [-0.25, -0.2) is 9.98 Å². The lowest BCUT2D eigenvalue weighted by Crippen LogP contribution is -1.76. The summed E-state index contributed by atoms with van der Waals surface area (Å²) in [5.74, 6) is 0.921. The molecule has 88 valence electrons. The Morgan fingerprint density at radius 2 is 1.94 bits per heavy atom. The second-order valence-corrected chi connectivity index (χ2v) is 4.84. The van der Waals surface area contributed by atoms with Crippen molar-refractivity contribution in [3.05, 3.63) is 53.5 Å². The summed E-state index contributed by atoms with van der Waals surface area (Å²) in [6.07, 6.45) is 3.35. The molecule has 4 heteroatoms. The van der Waals surface area contributed by atoms with Crippen molar-refractivity contribution in [2.45, 2.75) is 0 Å². The Morgan fingerprint density at radius 1 is 1.11 bits per heavy atom. The maximum absolute atomic E-state index is 10.1. The van der Waals surface area contributed by atoms with Crippen LogP contribution in [0.5, 0.6) is 5.75 Å². The summed E-state index contributed by atoms with van der Waals surface area (Å²) in [6, 6.07) is 13.3. The Balaban J connectivity index is 2.00. The summed E-state index contributed by atoms with van der Waals surface area (Å²) in [4.78, 5) is 9.10. The van der Waals surface area contributed by atoms with Gasteiger partial charge in [0.2, 0.25) is 0 Å². The first kappa shape index (κ1) is 10.9. The highest BCUT2D eigenvalue weighted by molar-refractivity contribution is 7.21. The largest absolute Gasteiger partial charge is 0.506 e. The number of rotatable bonds is 2. The smallest absolute Gasteiger partial charge is 0.151 e. The fraction of sp³-hybridized carbons (Fsp3) is 0. The molecule has 0 radical (unpaired) electrons. The van der Waals surface area contributed by atoms with Crippen LogP contribution >= 0.6 is 11.3 Å². The van der Waals surface area contributed by atoms with Gasteiger partial charge < -0.3 is 5.11 Å². The number of hydrogen-bond acceptors (Lipinski definition) is 4. The van der Waals surface area contributed by atoms with E-state index in [2.05, 4.69) is 9.98 Å². The molecule has 0 saturated heterocycles. The van der Waals surface area contributed by atoms with E-state index in [4.69, 9.17) is 0 Å². The van der Waals surface area contributed by atoms with Crippen LogP contribution in [0.2, 0.25) is 0 Å². The number of benzene rings is 1. The Labute approximate surface area is 108 Å². The van der Waals surface area contributed by atoms with E-state index in [-0.39, 0.29) is 5.75 Å². The minimum atomic E-state index is 0.287. The lowest BCUT2D eigenvalue weighted by atomic mass is 10.2. The molecule has 0 spiro atoms. The van der Waals surface area contributed by atoms with Gasteiger partial charge in [0, 0.05) is 16.3 Å². The number of hydrogen-bond donors (Lipinski definition) is 1. The van der Waals surface area contributed by atoms with Crippen molar-refractivity contribution in [1.82, 2.24) is 4.98 Å². The number of fused-ring (bicyclic) bond motifs is 1. The van der Waals surface area contributed by atoms with E-state index < -0.39 is 0 Å². The van der Waals surface area contributed by atoms with Crippen molar-refractivity contribution in [3.8, 4) is 5.75 Å². The third kappa shape index (κ3) is 1.98. The molecule has 0 aliphatic carbocycles. The fourth-order valence-corrected chi connectivity index (χ4v) is 2.66. The van der Waals surface area contributed by atoms with Gasteiger partial charge in [0.15, 0.2) is 5.82 Å². The maximum atomic E-state index is 10.1. The van der Waals surface area contributed by atoms with E-state index in [0.29, 0.717) is 5.82 Å². The second kappa shape index (κ2) is 4.58. The Morgan fingerprint density at radius 3 is 2.72 bits per heavy atom. The summed E-state index contributed by atoms with van der Waals surface area (Å²) in [6.45, 7) is 0. The second-order valence-electron chi connectivity index (χ2n) is 3.76. The summed E-state index contributed by atoms with van der Waals surface area (Å²) in [7, 11) is 0. The summed E-state index contributed by atoms with van der Waals surface area (Å²) >= 11 is 1.52. The summed E-state index contributed by atoms with van der Waals surface area (Å²) in [5, 5.41) is 10.9. The summed E-state index contributed by atoms with van der Waals surface area (Å²) < 4.78 is 1.05. The molecule has 0 aliphatic heterocycles. The van der Waals surface area contributed by atoms with Crippen LogP contribution in [0.4, 0.5) is 5.82 Å². The quantitative estimate of drug-likeness (QED) is 0.708. The van der Waals surface area contributed by atoms with Gasteiger partial charge in [0.25, 0.3) is 0 Å². The van der Waals surface area contributed by atoms with Crippen LogP contribution < -0.4 is 0 Å². The molecule has 0 saturated carbocycles. The lowest BCUT2D eigenvalue weighted by molar-refractivity contribution is 0.483. The molecule has 2 aromatic heterocycles. The molecule has 0 bridgehead atoms. The molecular weight excluding hydrogens is 244 g/mol. The molecule has 3 aromatic rings. The van der Waals surface area contributed by atoms with Crippen LogP contribution in [-0.2, 0) is 0 Å². The molecule has 0 amide bonds. The van der Waals surface area contributed by atoms with Crippen molar-refractivity contribution in [2.24, 2.45) is 4.99 Å². The highest BCUT2D eigenvalue weighted by atomic mass is 32.1. The van der Waals surface area contributed by atoms with Gasteiger partial charge in [0.05, 0.1) is 11.1 Å². The molecule has 3 nitrogen and oxygen atoms in total. The van der Waals surface area contributed by atoms with Crippen LogP contribution in [0.15, 0.2) is 53.7 Å². The van der Waals surface area contributed by atoms with Crippen LogP contribution in [0, 0.1) is 0 Å².